The molecule has 5 nitrogen and oxygen atoms in total. The summed E-state index contributed by atoms with van der Waals surface area (Å²) in [6, 6.07) is 11.2. The molecule has 0 saturated heterocycles. The number of nitrogens with one attached hydrogen (secondary N) is 1. The van der Waals surface area contributed by atoms with Gasteiger partial charge in [0, 0.05) is 17.4 Å². The number of aromatic amines is 1. The third-order valence-electron chi connectivity index (χ3n) is 3.02. The van der Waals surface area contributed by atoms with Crippen LogP contribution in [0.5, 0.6) is 0 Å². The van der Waals surface area contributed by atoms with E-state index in [2.05, 4.69) is 10.2 Å². The molecule has 5 heteroatoms. The van der Waals surface area contributed by atoms with E-state index in [9.17, 15) is 4.79 Å². The van der Waals surface area contributed by atoms with Crippen LogP contribution in [0.3, 0.4) is 0 Å². The van der Waals surface area contributed by atoms with Crippen LogP contribution in [-0.4, -0.2) is 16.1 Å². The Kier molecular flexibility index (Phi) is 3.09. The van der Waals surface area contributed by atoms with Gasteiger partial charge in [0.2, 0.25) is 0 Å². The van der Waals surface area contributed by atoms with Crippen molar-refractivity contribution in [2.24, 2.45) is 0 Å². The molecule has 3 aromatic rings. The zero-order valence-electron chi connectivity index (χ0n) is 10.9. The highest BCUT2D eigenvalue weighted by molar-refractivity contribution is 6.09. The number of rotatable bonds is 3. The van der Waals surface area contributed by atoms with E-state index in [1.165, 1.54) is 6.26 Å². The summed E-state index contributed by atoms with van der Waals surface area (Å²) in [5.41, 5.74) is 2.23. The Labute approximate surface area is 115 Å². The van der Waals surface area contributed by atoms with Crippen LogP contribution in [0, 0.1) is 6.92 Å². The molecule has 100 valence electrons. The van der Waals surface area contributed by atoms with Crippen molar-refractivity contribution in [3.63, 3.8) is 0 Å². The molecule has 20 heavy (non-hydrogen) atoms. The largest absolute Gasteiger partial charge is 0.459 e. The molecule has 0 fully saturated rings. The number of carbonyl (C=O) groups excluding carboxylic acids is 1. The normalized spacial score (nSPS) is 10.4. The van der Waals surface area contributed by atoms with Crippen LogP contribution in [0.2, 0.25) is 0 Å². The Morgan fingerprint density at radius 1 is 1.20 bits per heavy atom. The van der Waals surface area contributed by atoms with Gasteiger partial charge in [-0.05, 0) is 25.1 Å². The van der Waals surface area contributed by atoms with Gasteiger partial charge in [0.1, 0.15) is 0 Å². The number of furan rings is 1. The topological polar surface area (TPSA) is 62.1 Å². The highest BCUT2D eigenvalue weighted by Gasteiger charge is 2.24. The summed E-state index contributed by atoms with van der Waals surface area (Å²) in [6.45, 7) is 1.84. The van der Waals surface area contributed by atoms with Crippen LogP contribution in [-0.2, 0) is 0 Å². The molecule has 0 saturated carbocycles. The van der Waals surface area contributed by atoms with Crippen LogP contribution in [0.1, 0.15) is 16.1 Å². The third kappa shape index (κ3) is 2.09. The number of aryl methyl sites for hydroxylation is 1. The molecule has 2 aromatic heterocycles. The second-order valence-corrected chi connectivity index (χ2v) is 4.37. The van der Waals surface area contributed by atoms with E-state index in [-0.39, 0.29) is 5.91 Å². The van der Waals surface area contributed by atoms with Gasteiger partial charge in [-0.15, -0.1) is 0 Å². The van der Waals surface area contributed by atoms with Gasteiger partial charge in [-0.2, -0.15) is 5.10 Å². The highest BCUT2D eigenvalue weighted by atomic mass is 16.3. The second-order valence-electron chi connectivity index (χ2n) is 4.37. The summed E-state index contributed by atoms with van der Waals surface area (Å²) in [4.78, 5) is 14.3. The summed E-state index contributed by atoms with van der Waals surface area (Å²) in [6.07, 6.45) is 4.79. The quantitative estimate of drug-likeness (QED) is 0.792. The molecular weight excluding hydrogens is 254 g/mol. The van der Waals surface area contributed by atoms with Crippen molar-refractivity contribution in [1.82, 2.24) is 10.2 Å². The molecule has 0 radical (unpaired) electrons. The van der Waals surface area contributed by atoms with Gasteiger partial charge in [-0.1, -0.05) is 18.2 Å². The van der Waals surface area contributed by atoms with Crippen LogP contribution >= 0.6 is 0 Å². The molecular formula is C15H13N3O2. The first-order valence-corrected chi connectivity index (χ1v) is 6.20. The number of aromatic nitrogens is 2. The summed E-state index contributed by atoms with van der Waals surface area (Å²) < 4.78 is 5.30. The van der Waals surface area contributed by atoms with Crippen molar-refractivity contribution in [1.29, 1.82) is 0 Å². The van der Waals surface area contributed by atoms with E-state index >= 15 is 0 Å². The van der Waals surface area contributed by atoms with E-state index in [1.54, 1.807) is 23.4 Å². The van der Waals surface area contributed by atoms with Gasteiger partial charge in [-0.25, -0.2) is 0 Å². The molecule has 0 aliphatic rings. The minimum Gasteiger partial charge on any atom is -0.459 e. The smallest absolute Gasteiger partial charge is 0.298 e. The monoisotopic (exact) mass is 267 g/mol. The first kappa shape index (κ1) is 12.2. The lowest BCUT2D eigenvalue weighted by Crippen LogP contribution is -2.25. The van der Waals surface area contributed by atoms with E-state index in [0.717, 1.165) is 11.3 Å². The van der Waals surface area contributed by atoms with Crippen molar-refractivity contribution in [2.75, 3.05) is 4.90 Å². The summed E-state index contributed by atoms with van der Waals surface area (Å²) in [5, 5.41) is 6.63. The molecule has 1 amide bonds. The molecule has 0 atom stereocenters. The predicted molar refractivity (Wildman–Crippen MR) is 74.9 cm³/mol. The molecule has 1 N–H and O–H groups in total. The van der Waals surface area contributed by atoms with Crippen molar-refractivity contribution in [3.8, 4) is 0 Å². The number of benzene rings is 1. The molecule has 0 bridgehead atoms. The molecule has 1 aromatic carbocycles. The number of nitrogens with zero attached hydrogens (tertiary/aromatic N) is 2. The van der Waals surface area contributed by atoms with Gasteiger partial charge in [0.25, 0.3) is 5.91 Å². The fourth-order valence-electron chi connectivity index (χ4n) is 2.02. The summed E-state index contributed by atoms with van der Waals surface area (Å²) in [7, 11) is 0. The number of hydrogen-bond donors (Lipinski definition) is 1. The number of hydrogen-bond acceptors (Lipinski definition) is 3. The van der Waals surface area contributed by atoms with Gasteiger partial charge in [-0.3, -0.25) is 14.8 Å². The minimum atomic E-state index is -0.222. The lowest BCUT2D eigenvalue weighted by molar-refractivity contribution is 0.0972. The third-order valence-corrected chi connectivity index (χ3v) is 3.02. The van der Waals surface area contributed by atoms with Crippen molar-refractivity contribution >= 4 is 17.3 Å². The maximum atomic E-state index is 12.7. The first-order valence-electron chi connectivity index (χ1n) is 6.20. The van der Waals surface area contributed by atoms with E-state index in [0.29, 0.717) is 11.4 Å². The fourth-order valence-corrected chi connectivity index (χ4v) is 2.02. The summed E-state index contributed by atoms with van der Waals surface area (Å²) in [5.74, 6) is 0.107. The average molecular weight is 267 g/mol. The van der Waals surface area contributed by atoms with Crippen LogP contribution in [0.25, 0.3) is 0 Å². The summed E-state index contributed by atoms with van der Waals surface area (Å²) >= 11 is 0. The maximum Gasteiger partial charge on any atom is 0.298 e. The number of para-hydroxylation sites is 1. The molecule has 3 rings (SSSR count). The Morgan fingerprint density at radius 2 is 2.00 bits per heavy atom. The molecule has 2 heterocycles. The minimum absolute atomic E-state index is 0.222. The van der Waals surface area contributed by atoms with Gasteiger partial charge in [0.15, 0.2) is 5.76 Å². The Hall–Kier alpha value is -2.82. The number of amides is 1. The van der Waals surface area contributed by atoms with E-state index in [1.807, 2.05) is 37.3 Å². The van der Waals surface area contributed by atoms with Crippen LogP contribution in [0.4, 0.5) is 11.4 Å². The van der Waals surface area contributed by atoms with Crippen LogP contribution in [0.15, 0.2) is 59.5 Å². The van der Waals surface area contributed by atoms with E-state index < -0.39 is 0 Å². The van der Waals surface area contributed by atoms with Gasteiger partial charge in [0.05, 0.1) is 18.1 Å². The lowest BCUT2D eigenvalue weighted by atomic mass is 10.2. The Bertz CT molecular complexity index is 702. The van der Waals surface area contributed by atoms with Crippen LogP contribution < -0.4 is 4.90 Å². The number of carbonyl (C=O) groups is 1. The zero-order valence-corrected chi connectivity index (χ0v) is 10.9. The second kappa shape index (κ2) is 5.05. The SMILES string of the molecule is Cc1ccoc1C(=O)N(c1ccccc1)c1cn[nH]c1. The van der Waals surface area contributed by atoms with E-state index in [4.69, 9.17) is 4.42 Å². The maximum absolute atomic E-state index is 12.7. The zero-order chi connectivity index (χ0) is 13.9. The van der Waals surface area contributed by atoms with Gasteiger partial charge < -0.3 is 4.42 Å². The predicted octanol–water partition coefficient (Wildman–Crippen LogP) is 3.29. The number of anilines is 2. The van der Waals surface area contributed by atoms with Gasteiger partial charge >= 0.3 is 0 Å². The van der Waals surface area contributed by atoms with Crippen molar-refractivity contribution < 1.29 is 9.21 Å². The fraction of sp³-hybridized carbons (Fsp3) is 0.0667. The van der Waals surface area contributed by atoms with Crippen molar-refractivity contribution in [2.45, 2.75) is 6.92 Å². The average Bonchev–Trinajstić information content (AvgIpc) is 3.12. The Balaban J connectivity index is 2.07. The standard InChI is InChI=1S/C15H13N3O2/c1-11-7-8-20-14(11)15(19)18(13-9-16-17-10-13)12-5-3-2-4-6-12/h2-10H,1H3,(H,16,17). The molecule has 0 spiro atoms. The first-order chi connectivity index (χ1) is 9.77. The Morgan fingerprint density at radius 3 is 2.60 bits per heavy atom. The molecule has 0 aliphatic heterocycles. The number of H-pyrrole nitrogens is 1. The van der Waals surface area contributed by atoms with Crippen molar-refractivity contribution in [3.05, 3.63) is 66.4 Å². The highest BCUT2D eigenvalue weighted by Crippen LogP contribution is 2.27. The lowest BCUT2D eigenvalue weighted by Gasteiger charge is -2.20. The molecule has 0 aliphatic carbocycles. The molecule has 0 unspecified atom stereocenters.